The molecule has 2 N–H and O–H groups in total. The maximum Gasteiger partial charge on any atom is 0.230 e. The van der Waals surface area contributed by atoms with Crippen LogP contribution in [-0.4, -0.2) is 27.9 Å². The van der Waals surface area contributed by atoms with Crippen LogP contribution in [0, 0.1) is 18.8 Å². The van der Waals surface area contributed by atoms with Crippen molar-refractivity contribution in [3.05, 3.63) is 29.8 Å². The first-order chi connectivity index (χ1) is 12.2. The number of nitrogens with one attached hydrogen (secondary N) is 2. The predicted molar refractivity (Wildman–Crippen MR) is 102 cm³/mol. The summed E-state index contributed by atoms with van der Waals surface area (Å²) in [6.45, 7) is 2.06. The summed E-state index contributed by atoms with van der Waals surface area (Å²) in [4.78, 5) is 12.2. The van der Waals surface area contributed by atoms with Crippen molar-refractivity contribution in [1.29, 1.82) is 0 Å². The number of hydrogen-bond acceptors (Lipinski definition) is 6. The Kier molecular flexibility index (Phi) is 4.94. The standard InChI is InChI=1S/C18H22N4OS2/c1-11-2-8-14(9-3-11)19-17-21-22-18(25-17)24-10-15(23)20-16(12-4-5-12)13-6-7-13/h2-3,8-9,12-13,16H,4-7,10H2,1H3,(H,19,21)(H,20,23). The van der Waals surface area contributed by atoms with Crippen LogP contribution in [0.2, 0.25) is 0 Å². The summed E-state index contributed by atoms with van der Waals surface area (Å²) in [5.41, 5.74) is 2.22. The fourth-order valence-electron chi connectivity index (χ4n) is 2.97. The molecule has 1 amide bonds. The Morgan fingerprint density at radius 3 is 2.52 bits per heavy atom. The average Bonchev–Trinajstić information content (AvgIpc) is 3.52. The lowest BCUT2D eigenvalue weighted by Gasteiger charge is -2.17. The molecule has 4 rings (SSSR count). The van der Waals surface area contributed by atoms with Crippen molar-refractivity contribution in [2.75, 3.05) is 11.1 Å². The van der Waals surface area contributed by atoms with Crippen LogP contribution >= 0.6 is 23.1 Å². The van der Waals surface area contributed by atoms with Gasteiger partial charge in [-0.2, -0.15) is 0 Å². The predicted octanol–water partition coefficient (Wildman–Crippen LogP) is 3.99. The molecule has 0 saturated heterocycles. The second-order valence-corrected chi connectivity index (χ2v) is 9.12. The summed E-state index contributed by atoms with van der Waals surface area (Å²) in [5, 5.41) is 15.6. The van der Waals surface area contributed by atoms with Gasteiger partial charge < -0.3 is 10.6 Å². The number of thioether (sulfide) groups is 1. The van der Waals surface area contributed by atoms with Gasteiger partial charge in [-0.3, -0.25) is 4.79 Å². The van der Waals surface area contributed by atoms with Crippen molar-refractivity contribution < 1.29 is 4.79 Å². The Labute approximate surface area is 156 Å². The molecular weight excluding hydrogens is 352 g/mol. The van der Waals surface area contributed by atoms with E-state index in [-0.39, 0.29) is 5.91 Å². The highest BCUT2D eigenvalue weighted by Gasteiger charge is 2.42. The quantitative estimate of drug-likeness (QED) is 0.684. The topological polar surface area (TPSA) is 66.9 Å². The molecule has 2 aliphatic rings. The monoisotopic (exact) mass is 374 g/mol. The normalized spacial score (nSPS) is 16.9. The SMILES string of the molecule is Cc1ccc(Nc2nnc(SCC(=O)NC(C3CC3)C3CC3)s2)cc1. The number of carbonyl (C=O) groups is 1. The van der Waals surface area contributed by atoms with Crippen LogP contribution in [0.1, 0.15) is 31.2 Å². The van der Waals surface area contributed by atoms with Gasteiger partial charge in [-0.25, -0.2) is 0 Å². The summed E-state index contributed by atoms with van der Waals surface area (Å²) in [7, 11) is 0. The Hall–Kier alpha value is -1.60. The van der Waals surface area contributed by atoms with Crippen molar-refractivity contribution in [2.24, 2.45) is 11.8 Å². The van der Waals surface area contributed by atoms with Crippen molar-refractivity contribution in [2.45, 2.75) is 43.0 Å². The molecule has 0 aliphatic heterocycles. The molecule has 0 radical (unpaired) electrons. The molecule has 0 unspecified atom stereocenters. The first kappa shape index (κ1) is 16.8. The van der Waals surface area contributed by atoms with Crippen LogP contribution in [-0.2, 0) is 4.79 Å². The van der Waals surface area contributed by atoms with E-state index in [0.717, 1.165) is 27.0 Å². The number of anilines is 2. The fraction of sp³-hybridized carbons (Fsp3) is 0.500. The van der Waals surface area contributed by atoms with Gasteiger partial charge in [0.05, 0.1) is 5.75 Å². The van der Waals surface area contributed by atoms with Gasteiger partial charge >= 0.3 is 0 Å². The number of rotatable bonds is 8. The van der Waals surface area contributed by atoms with Crippen molar-refractivity contribution in [3.8, 4) is 0 Å². The minimum Gasteiger partial charge on any atom is -0.352 e. The molecule has 2 saturated carbocycles. The summed E-state index contributed by atoms with van der Waals surface area (Å²) in [5.74, 6) is 1.99. The van der Waals surface area contributed by atoms with Gasteiger partial charge in [-0.05, 0) is 56.6 Å². The van der Waals surface area contributed by atoms with Gasteiger partial charge in [-0.15, -0.1) is 10.2 Å². The Bertz CT molecular complexity index is 726. The third-order valence-corrected chi connectivity index (χ3v) is 6.60. The zero-order chi connectivity index (χ0) is 17.2. The highest BCUT2D eigenvalue weighted by Crippen LogP contribution is 2.44. The lowest BCUT2D eigenvalue weighted by molar-refractivity contribution is -0.119. The second kappa shape index (κ2) is 7.33. The van der Waals surface area contributed by atoms with Crippen LogP contribution < -0.4 is 10.6 Å². The maximum atomic E-state index is 12.2. The molecule has 25 heavy (non-hydrogen) atoms. The van der Waals surface area contributed by atoms with Crippen LogP contribution in [0.5, 0.6) is 0 Å². The fourth-order valence-corrected chi connectivity index (χ4v) is 4.55. The first-order valence-corrected chi connectivity index (χ1v) is 10.6. The Balaban J connectivity index is 1.26. The van der Waals surface area contributed by atoms with Gasteiger partial charge in [0.2, 0.25) is 11.0 Å². The maximum absolute atomic E-state index is 12.2. The molecule has 7 heteroatoms. The van der Waals surface area contributed by atoms with E-state index in [1.807, 2.05) is 12.1 Å². The summed E-state index contributed by atoms with van der Waals surface area (Å²) < 4.78 is 0.819. The van der Waals surface area contributed by atoms with E-state index in [9.17, 15) is 4.79 Å². The molecule has 1 aromatic carbocycles. The molecule has 0 atom stereocenters. The van der Waals surface area contributed by atoms with Gasteiger partial charge in [0.25, 0.3) is 0 Å². The number of aryl methyl sites for hydroxylation is 1. The lowest BCUT2D eigenvalue weighted by atomic mass is 10.1. The van der Waals surface area contributed by atoms with Crippen LogP contribution in [0.4, 0.5) is 10.8 Å². The van der Waals surface area contributed by atoms with Crippen molar-refractivity contribution >= 4 is 39.8 Å². The lowest BCUT2D eigenvalue weighted by Crippen LogP contribution is -2.39. The minimum absolute atomic E-state index is 0.122. The van der Waals surface area contributed by atoms with E-state index in [1.165, 1.54) is 54.3 Å². The van der Waals surface area contributed by atoms with E-state index in [0.29, 0.717) is 11.8 Å². The van der Waals surface area contributed by atoms with E-state index in [2.05, 4.69) is 39.9 Å². The molecule has 2 aliphatic carbocycles. The molecule has 0 bridgehead atoms. The number of amides is 1. The molecule has 0 spiro atoms. The van der Waals surface area contributed by atoms with Crippen LogP contribution in [0.25, 0.3) is 0 Å². The Morgan fingerprint density at radius 1 is 1.20 bits per heavy atom. The van der Waals surface area contributed by atoms with Crippen LogP contribution in [0.15, 0.2) is 28.6 Å². The number of nitrogens with zero attached hydrogens (tertiary/aromatic N) is 2. The Morgan fingerprint density at radius 2 is 1.88 bits per heavy atom. The van der Waals surface area contributed by atoms with E-state index < -0.39 is 0 Å². The summed E-state index contributed by atoms with van der Waals surface area (Å²) in [6, 6.07) is 8.57. The third kappa shape index (κ3) is 4.73. The molecule has 5 nitrogen and oxygen atoms in total. The number of carbonyl (C=O) groups excluding carboxylic acids is 1. The minimum atomic E-state index is 0.122. The second-order valence-electron chi connectivity index (χ2n) is 6.92. The highest BCUT2D eigenvalue weighted by atomic mass is 32.2. The molecule has 2 aromatic rings. The van der Waals surface area contributed by atoms with Crippen molar-refractivity contribution in [1.82, 2.24) is 15.5 Å². The molecule has 132 valence electrons. The molecule has 2 fully saturated rings. The van der Waals surface area contributed by atoms with Gasteiger partial charge in [0.1, 0.15) is 0 Å². The van der Waals surface area contributed by atoms with E-state index >= 15 is 0 Å². The van der Waals surface area contributed by atoms with Gasteiger partial charge in [0, 0.05) is 11.7 Å². The highest BCUT2D eigenvalue weighted by molar-refractivity contribution is 8.01. The summed E-state index contributed by atoms with van der Waals surface area (Å²) in [6.07, 6.45) is 5.11. The van der Waals surface area contributed by atoms with E-state index in [1.54, 1.807) is 0 Å². The summed E-state index contributed by atoms with van der Waals surface area (Å²) >= 11 is 2.94. The van der Waals surface area contributed by atoms with Gasteiger partial charge in [0.15, 0.2) is 4.34 Å². The third-order valence-electron chi connectivity index (χ3n) is 4.62. The molecule has 1 heterocycles. The van der Waals surface area contributed by atoms with Gasteiger partial charge in [-0.1, -0.05) is 40.8 Å². The number of aromatic nitrogens is 2. The van der Waals surface area contributed by atoms with E-state index in [4.69, 9.17) is 0 Å². The first-order valence-electron chi connectivity index (χ1n) is 8.77. The van der Waals surface area contributed by atoms with Crippen LogP contribution in [0.3, 0.4) is 0 Å². The van der Waals surface area contributed by atoms with Crippen molar-refractivity contribution in [3.63, 3.8) is 0 Å². The molecular formula is C18H22N4OS2. The molecule has 1 aromatic heterocycles. The number of benzene rings is 1. The largest absolute Gasteiger partial charge is 0.352 e. The average molecular weight is 375 g/mol. The zero-order valence-electron chi connectivity index (χ0n) is 14.2. The smallest absolute Gasteiger partial charge is 0.230 e. The number of hydrogen-bond donors (Lipinski definition) is 2. The zero-order valence-corrected chi connectivity index (χ0v) is 15.8.